The summed E-state index contributed by atoms with van der Waals surface area (Å²) in [7, 11) is 0. The van der Waals surface area contributed by atoms with Crippen molar-refractivity contribution >= 4 is 34.4 Å². The first-order chi connectivity index (χ1) is 18.1. The van der Waals surface area contributed by atoms with Crippen molar-refractivity contribution in [3.8, 4) is 11.1 Å². The number of fused-ring (bicyclic) bond motifs is 2. The number of amides is 1. The molecule has 1 amide bonds. The number of hydrogen-bond donors (Lipinski definition) is 4. The van der Waals surface area contributed by atoms with Crippen LogP contribution in [0.15, 0.2) is 65.9 Å². The number of piperidine rings is 1. The van der Waals surface area contributed by atoms with Crippen LogP contribution in [-0.4, -0.2) is 29.0 Å². The molecule has 1 aromatic carbocycles. The quantitative estimate of drug-likeness (QED) is 0.427. The van der Waals surface area contributed by atoms with Gasteiger partial charge in [0.15, 0.2) is 0 Å². The molecule has 3 aromatic rings. The molecule has 0 unspecified atom stereocenters. The second kappa shape index (κ2) is 9.57. The number of aromatic nitrogens is 2. The van der Waals surface area contributed by atoms with Gasteiger partial charge in [-0.2, -0.15) is 0 Å². The third-order valence-corrected chi connectivity index (χ3v) is 6.91. The van der Waals surface area contributed by atoms with Gasteiger partial charge in [0.2, 0.25) is 5.91 Å². The van der Waals surface area contributed by atoms with Crippen LogP contribution in [-0.2, 0) is 4.79 Å². The van der Waals surface area contributed by atoms with Crippen LogP contribution in [0, 0.1) is 5.92 Å². The molecule has 0 aliphatic carbocycles. The lowest BCUT2D eigenvalue weighted by Gasteiger charge is -2.29. The number of benzene rings is 1. The molecule has 0 atom stereocenters. The van der Waals surface area contributed by atoms with Gasteiger partial charge in [-0.3, -0.25) is 20.2 Å². The average Bonchev–Trinajstić information content (AvgIpc) is 3.46. The molecule has 0 radical (unpaired) electrons. The van der Waals surface area contributed by atoms with Gasteiger partial charge in [0, 0.05) is 42.5 Å². The number of hydrazine groups is 1. The van der Waals surface area contributed by atoms with E-state index in [0.717, 1.165) is 64.0 Å². The Labute approximate surface area is 215 Å². The minimum absolute atomic E-state index is 0.150. The van der Waals surface area contributed by atoms with Crippen LogP contribution in [0.2, 0.25) is 0 Å². The Hall–Kier alpha value is -4.40. The fraction of sp³-hybridized carbons (Fsp3) is 0.286. The molecule has 3 aliphatic rings. The molecule has 1 saturated heterocycles. The van der Waals surface area contributed by atoms with E-state index >= 15 is 0 Å². The lowest BCUT2D eigenvalue weighted by atomic mass is 10.0. The zero-order chi connectivity index (χ0) is 25.4. The van der Waals surface area contributed by atoms with Crippen LogP contribution in [0.5, 0.6) is 0 Å². The number of pyridine rings is 1. The first kappa shape index (κ1) is 23.0. The summed E-state index contributed by atoms with van der Waals surface area (Å²) in [4.78, 5) is 27.7. The van der Waals surface area contributed by atoms with Crippen molar-refractivity contribution < 1.29 is 4.79 Å². The van der Waals surface area contributed by atoms with Crippen LogP contribution < -0.4 is 31.7 Å². The topological polar surface area (TPSA) is 107 Å². The molecule has 6 rings (SSSR count). The molecule has 4 N–H and O–H groups in total. The minimum atomic E-state index is -0.158. The molecule has 0 spiro atoms. The van der Waals surface area contributed by atoms with E-state index in [4.69, 9.17) is 0 Å². The Bertz CT molecular complexity index is 1470. The van der Waals surface area contributed by atoms with Crippen molar-refractivity contribution in [1.29, 1.82) is 0 Å². The molecule has 0 saturated carbocycles. The molecule has 9 nitrogen and oxygen atoms in total. The lowest BCUT2D eigenvalue weighted by Crippen LogP contribution is -2.29. The van der Waals surface area contributed by atoms with Crippen LogP contribution >= 0.6 is 0 Å². The number of carbonyl (C=O) groups is 1. The SMILES string of the molecule is CC(C)C(=O)N=c1ccncc(-c2ccc3c(c2)C(=C2Nc4cncc(N5CCCCC5)c4N2)NN3)c1. The summed E-state index contributed by atoms with van der Waals surface area (Å²) < 4.78 is 0. The van der Waals surface area contributed by atoms with Crippen LogP contribution in [0.25, 0.3) is 16.8 Å². The van der Waals surface area contributed by atoms with Gasteiger partial charge < -0.3 is 21.0 Å². The average molecular weight is 495 g/mol. The zero-order valence-electron chi connectivity index (χ0n) is 21.0. The van der Waals surface area contributed by atoms with Gasteiger partial charge in [0.25, 0.3) is 0 Å². The molecular weight excluding hydrogens is 464 g/mol. The van der Waals surface area contributed by atoms with E-state index in [1.54, 1.807) is 18.5 Å². The van der Waals surface area contributed by atoms with Gasteiger partial charge in [-0.15, -0.1) is 0 Å². The molecule has 1 fully saturated rings. The summed E-state index contributed by atoms with van der Waals surface area (Å²) in [6.45, 7) is 5.80. The zero-order valence-corrected chi connectivity index (χ0v) is 21.0. The molecule has 2 aromatic heterocycles. The van der Waals surface area contributed by atoms with Crippen LogP contribution in [0.4, 0.5) is 22.7 Å². The number of rotatable bonds is 3. The summed E-state index contributed by atoms with van der Waals surface area (Å²) >= 11 is 0. The van der Waals surface area contributed by atoms with Crippen molar-refractivity contribution in [3.05, 3.63) is 71.9 Å². The van der Waals surface area contributed by atoms with E-state index in [0.29, 0.717) is 5.36 Å². The monoisotopic (exact) mass is 494 g/mol. The summed E-state index contributed by atoms with van der Waals surface area (Å²) in [6, 6.07) is 9.85. The van der Waals surface area contributed by atoms with Gasteiger partial charge in [0.05, 0.1) is 40.5 Å². The summed E-state index contributed by atoms with van der Waals surface area (Å²) in [5.74, 6) is 0.567. The maximum atomic E-state index is 12.2. The Morgan fingerprint density at radius 1 is 0.919 bits per heavy atom. The first-order valence-electron chi connectivity index (χ1n) is 12.8. The molecule has 3 aliphatic heterocycles. The van der Waals surface area contributed by atoms with Gasteiger partial charge in [-0.1, -0.05) is 19.9 Å². The predicted octanol–water partition coefficient (Wildman–Crippen LogP) is 4.31. The van der Waals surface area contributed by atoms with Crippen molar-refractivity contribution in [3.63, 3.8) is 0 Å². The molecule has 5 heterocycles. The Morgan fingerprint density at radius 3 is 2.62 bits per heavy atom. The minimum Gasteiger partial charge on any atom is -0.369 e. The summed E-state index contributed by atoms with van der Waals surface area (Å²) in [6.07, 6.45) is 11.0. The first-order valence-corrected chi connectivity index (χ1v) is 12.8. The van der Waals surface area contributed by atoms with E-state index in [2.05, 4.69) is 47.4 Å². The van der Waals surface area contributed by atoms with Crippen molar-refractivity contribution in [2.45, 2.75) is 33.1 Å². The highest BCUT2D eigenvalue weighted by atomic mass is 16.1. The van der Waals surface area contributed by atoms with E-state index in [1.807, 2.05) is 44.4 Å². The molecule has 37 heavy (non-hydrogen) atoms. The third-order valence-electron chi connectivity index (χ3n) is 6.91. The second-order valence-corrected chi connectivity index (χ2v) is 9.86. The van der Waals surface area contributed by atoms with Gasteiger partial charge >= 0.3 is 0 Å². The van der Waals surface area contributed by atoms with Gasteiger partial charge in [-0.25, -0.2) is 4.99 Å². The number of carbonyl (C=O) groups excluding carboxylic acids is 1. The fourth-order valence-corrected chi connectivity index (χ4v) is 4.87. The standard InChI is InChI=1S/C28H30N8O/c1-17(2)28(37)31-20-8-9-29-14-19(12-20)18-6-7-22-21(13-18)25(35-34-22)27-32-23-15-30-16-24(26(23)33-27)36-10-4-3-5-11-36/h6-9,12-17,32-35H,3-5,10-11H2,1-2H3. The fourth-order valence-electron chi connectivity index (χ4n) is 4.87. The summed E-state index contributed by atoms with van der Waals surface area (Å²) in [5, 5.41) is 7.71. The van der Waals surface area contributed by atoms with E-state index in [-0.39, 0.29) is 11.8 Å². The number of nitrogens with one attached hydrogen (secondary N) is 4. The number of nitrogens with zero attached hydrogens (tertiary/aromatic N) is 4. The Balaban J connectivity index is 1.35. The second-order valence-electron chi connectivity index (χ2n) is 9.86. The molecule has 0 bridgehead atoms. The molecule has 188 valence electrons. The van der Waals surface area contributed by atoms with Crippen molar-refractivity contribution in [1.82, 2.24) is 15.4 Å². The molecular formula is C28H30N8O. The smallest absolute Gasteiger partial charge is 0.248 e. The highest BCUT2D eigenvalue weighted by Crippen LogP contribution is 2.42. The summed E-state index contributed by atoms with van der Waals surface area (Å²) in [5.41, 5.74) is 14.5. The lowest BCUT2D eigenvalue weighted by molar-refractivity contribution is -0.120. The van der Waals surface area contributed by atoms with Gasteiger partial charge in [-0.05, 0) is 49.1 Å². The van der Waals surface area contributed by atoms with E-state index in [9.17, 15) is 4.79 Å². The van der Waals surface area contributed by atoms with Crippen molar-refractivity contribution in [2.24, 2.45) is 10.9 Å². The van der Waals surface area contributed by atoms with E-state index in [1.165, 1.54) is 19.3 Å². The number of anilines is 4. The molecule has 9 heteroatoms. The normalized spacial score (nSPS) is 18.5. The van der Waals surface area contributed by atoms with Crippen LogP contribution in [0.1, 0.15) is 38.7 Å². The Morgan fingerprint density at radius 2 is 1.78 bits per heavy atom. The highest BCUT2D eigenvalue weighted by molar-refractivity contribution is 5.95. The maximum Gasteiger partial charge on any atom is 0.248 e. The third kappa shape index (κ3) is 4.48. The highest BCUT2D eigenvalue weighted by Gasteiger charge is 2.28. The predicted molar refractivity (Wildman–Crippen MR) is 146 cm³/mol. The number of hydrogen-bond acceptors (Lipinski definition) is 8. The van der Waals surface area contributed by atoms with Crippen molar-refractivity contribution in [2.75, 3.05) is 34.0 Å². The van der Waals surface area contributed by atoms with E-state index < -0.39 is 0 Å². The van der Waals surface area contributed by atoms with Crippen LogP contribution in [0.3, 0.4) is 0 Å². The Kier molecular flexibility index (Phi) is 5.96. The largest absolute Gasteiger partial charge is 0.369 e. The maximum absolute atomic E-state index is 12.2. The van der Waals surface area contributed by atoms with Gasteiger partial charge in [0.1, 0.15) is 11.5 Å².